The number of ether oxygens (including phenoxy) is 1. The fraction of sp³-hybridized carbons (Fsp3) is 0.462. The Morgan fingerprint density at radius 1 is 1.53 bits per heavy atom. The number of hydrogen-bond donors (Lipinski definition) is 1. The number of rotatable bonds is 2. The van der Waals surface area contributed by atoms with Crippen LogP contribution in [0.2, 0.25) is 0 Å². The first kappa shape index (κ1) is 13.3. The number of nitrogens with zero attached hydrogens (tertiary/aromatic N) is 1. The highest BCUT2D eigenvalue weighted by atomic mass is 16.6. The quantitative estimate of drug-likeness (QED) is 0.654. The summed E-state index contributed by atoms with van der Waals surface area (Å²) in [6, 6.07) is 4.37. The summed E-state index contributed by atoms with van der Waals surface area (Å²) >= 11 is 0. The highest BCUT2D eigenvalue weighted by Gasteiger charge is 2.38. The second-order valence-corrected chi connectivity index (χ2v) is 5.21. The monoisotopic (exact) mass is 264 g/mol. The lowest BCUT2D eigenvalue weighted by Crippen LogP contribution is -2.40. The highest BCUT2D eigenvalue weighted by molar-refractivity contribution is 5.85. The molecule has 1 aliphatic rings. The summed E-state index contributed by atoms with van der Waals surface area (Å²) in [5.74, 6) is -0.0442. The van der Waals surface area contributed by atoms with E-state index in [9.17, 15) is 14.9 Å². The van der Waals surface area contributed by atoms with E-state index in [1.165, 1.54) is 12.1 Å². The van der Waals surface area contributed by atoms with Crippen LogP contribution in [0.5, 0.6) is 5.75 Å². The van der Waals surface area contributed by atoms with Crippen LogP contribution in [-0.2, 0) is 4.79 Å². The molecule has 6 heteroatoms. The summed E-state index contributed by atoms with van der Waals surface area (Å²) in [7, 11) is 1.56. The van der Waals surface area contributed by atoms with Gasteiger partial charge in [-0.3, -0.25) is 14.9 Å². The first-order valence-corrected chi connectivity index (χ1v) is 6.03. The van der Waals surface area contributed by atoms with Crippen LogP contribution in [0.4, 0.5) is 5.69 Å². The van der Waals surface area contributed by atoms with Crippen LogP contribution in [-0.4, -0.2) is 23.5 Å². The molecule has 0 aromatic heterocycles. The van der Waals surface area contributed by atoms with Crippen LogP contribution in [0.15, 0.2) is 18.2 Å². The van der Waals surface area contributed by atoms with E-state index in [-0.39, 0.29) is 11.6 Å². The molecule has 1 amide bonds. The van der Waals surface area contributed by atoms with Gasteiger partial charge in [-0.05, 0) is 19.9 Å². The van der Waals surface area contributed by atoms with Gasteiger partial charge in [0.2, 0.25) is 5.91 Å². The summed E-state index contributed by atoms with van der Waals surface area (Å²) < 4.78 is 5.78. The first-order valence-electron chi connectivity index (χ1n) is 6.03. The van der Waals surface area contributed by atoms with Gasteiger partial charge in [-0.1, -0.05) is 0 Å². The number of benzene rings is 1. The largest absolute Gasteiger partial charge is 0.488 e. The maximum absolute atomic E-state index is 12.0. The van der Waals surface area contributed by atoms with Crippen LogP contribution in [0.1, 0.15) is 31.7 Å². The van der Waals surface area contributed by atoms with Gasteiger partial charge in [0.15, 0.2) is 0 Å². The molecule has 1 aromatic rings. The Balaban J connectivity index is 2.51. The van der Waals surface area contributed by atoms with E-state index in [4.69, 9.17) is 4.74 Å². The number of fused-ring (bicyclic) bond motifs is 1. The second-order valence-electron chi connectivity index (χ2n) is 5.21. The van der Waals surface area contributed by atoms with Gasteiger partial charge in [0, 0.05) is 31.2 Å². The van der Waals surface area contributed by atoms with E-state index in [2.05, 4.69) is 5.32 Å². The fourth-order valence-corrected chi connectivity index (χ4v) is 2.36. The second kappa shape index (κ2) is 4.53. The zero-order valence-electron chi connectivity index (χ0n) is 11.1. The zero-order valence-corrected chi connectivity index (χ0v) is 11.1. The Hall–Kier alpha value is -2.11. The number of likely N-dealkylation sites (N-methyl/N-ethyl adjacent to an activating group) is 1. The SMILES string of the molecule is CNC(=O)C1CC(C)(C)Oc2ccc([N+](=O)[O-])cc21. The molecule has 0 aliphatic carbocycles. The lowest BCUT2D eigenvalue weighted by molar-refractivity contribution is -0.385. The fourth-order valence-electron chi connectivity index (χ4n) is 2.36. The van der Waals surface area contributed by atoms with Crippen molar-refractivity contribution in [3.63, 3.8) is 0 Å². The van der Waals surface area contributed by atoms with E-state index in [1.54, 1.807) is 13.1 Å². The van der Waals surface area contributed by atoms with Crippen molar-refractivity contribution in [2.75, 3.05) is 7.05 Å². The molecule has 19 heavy (non-hydrogen) atoms. The minimum absolute atomic E-state index is 0.0315. The van der Waals surface area contributed by atoms with Crippen molar-refractivity contribution in [1.82, 2.24) is 5.32 Å². The van der Waals surface area contributed by atoms with Crippen molar-refractivity contribution in [2.45, 2.75) is 31.8 Å². The molecular formula is C13H16N2O4. The van der Waals surface area contributed by atoms with Gasteiger partial charge in [-0.2, -0.15) is 0 Å². The van der Waals surface area contributed by atoms with Crippen LogP contribution < -0.4 is 10.1 Å². The summed E-state index contributed by atoms with van der Waals surface area (Å²) in [5.41, 5.74) is 0.0733. The van der Waals surface area contributed by atoms with Gasteiger partial charge in [0.05, 0.1) is 10.8 Å². The summed E-state index contributed by atoms with van der Waals surface area (Å²) in [5, 5.41) is 13.4. The van der Waals surface area contributed by atoms with Crippen molar-refractivity contribution in [3.8, 4) is 5.75 Å². The molecule has 0 fully saturated rings. The Bertz CT molecular complexity index is 539. The molecule has 0 saturated heterocycles. The van der Waals surface area contributed by atoms with Crippen molar-refractivity contribution < 1.29 is 14.5 Å². The van der Waals surface area contributed by atoms with Gasteiger partial charge in [-0.25, -0.2) is 0 Å². The molecule has 6 nitrogen and oxygen atoms in total. The molecule has 1 atom stereocenters. The summed E-state index contributed by atoms with van der Waals surface area (Å²) in [4.78, 5) is 22.3. The number of non-ortho nitro benzene ring substituents is 1. The average molecular weight is 264 g/mol. The van der Waals surface area contributed by atoms with E-state index < -0.39 is 16.4 Å². The molecule has 102 valence electrons. The third-order valence-electron chi connectivity index (χ3n) is 3.22. The average Bonchev–Trinajstić information content (AvgIpc) is 2.35. The molecular weight excluding hydrogens is 248 g/mol. The van der Waals surface area contributed by atoms with Gasteiger partial charge in [0.1, 0.15) is 11.4 Å². The molecule has 1 aliphatic heterocycles. The number of carbonyl (C=O) groups is 1. The van der Waals surface area contributed by atoms with Crippen molar-refractivity contribution in [1.29, 1.82) is 0 Å². The van der Waals surface area contributed by atoms with E-state index >= 15 is 0 Å². The van der Waals surface area contributed by atoms with Crippen LogP contribution in [0, 0.1) is 10.1 Å². The third kappa shape index (κ3) is 2.52. The van der Waals surface area contributed by atoms with E-state index in [0.717, 1.165) is 0 Å². The molecule has 1 unspecified atom stereocenters. The molecule has 1 aromatic carbocycles. The lowest BCUT2D eigenvalue weighted by Gasteiger charge is -2.36. The Kier molecular flexibility index (Phi) is 3.18. The molecule has 0 spiro atoms. The summed E-state index contributed by atoms with van der Waals surface area (Å²) in [6.07, 6.45) is 0.487. The molecule has 0 saturated carbocycles. The normalized spacial score (nSPS) is 20.1. The third-order valence-corrected chi connectivity index (χ3v) is 3.22. The number of amides is 1. The number of carbonyl (C=O) groups excluding carboxylic acids is 1. The highest BCUT2D eigenvalue weighted by Crippen LogP contribution is 2.42. The maximum Gasteiger partial charge on any atom is 0.269 e. The van der Waals surface area contributed by atoms with Crippen LogP contribution in [0.3, 0.4) is 0 Å². The topological polar surface area (TPSA) is 81.5 Å². The van der Waals surface area contributed by atoms with Crippen LogP contribution >= 0.6 is 0 Å². The van der Waals surface area contributed by atoms with E-state index in [1.807, 2.05) is 13.8 Å². The van der Waals surface area contributed by atoms with Gasteiger partial charge in [0.25, 0.3) is 5.69 Å². The molecule has 1 N–H and O–H groups in total. The van der Waals surface area contributed by atoms with Crippen molar-refractivity contribution in [2.24, 2.45) is 0 Å². The van der Waals surface area contributed by atoms with Gasteiger partial charge in [-0.15, -0.1) is 0 Å². The minimum atomic E-state index is -0.472. The van der Waals surface area contributed by atoms with E-state index in [0.29, 0.717) is 17.7 Å². The van der Waals surface area contributed by atoms with Gasteiger partial charge >= 0.3 is 0 Å². The Labute approximate surface area is 110 Å². The number of nitrogens with one attached hydrogen (secondary N) is 1. The summed E-state index contributed by atoms with van der Waals surface area (Å²) in [6.45, 7) is 3.79. The maximum atomic E-state index is 12.0. The lowest BCUT2D eigenvalue weighted by atomic mass is 9.83. The molecule has 0 radical (unpaired) electrons. The molecule has 2 rings (SSSR count). The van der Waals surface area contributed by atoms with Crippen LogP contribution in [0.25, 0.3) is 0 Å². The predicted molar refractivity (Wildman–Crippen MR) is 69.2 cm³/mol. The number of nitro groups is 1. The zero-order chi connectivity index (χ0) is 14.2. The molecule has 0 bridgehead atoms. The smallest absolute Gasteiger partial charge is 0.269 e. The predicted octanol–water partition coefficient (Wildman–Crippen LogP) is 1.99. The molecule has 1 heterocycles. The first-order chi connectivity index (χ1) is 8.84. The van der Waals surface area contributed by atoms with Gasteiger partial charge < -0.3 is 10.1 Å². The Morgan fingerprint density at radius 2 is 2.21 bits per heavy atom. The number of hydrogen-bond acceptors (Lipinski definition) is 4. The van der Waals surface area contributed by atoms with Crippen molar-refractivity contribution >= 4 is 11.6 Å². The number of nitro benzene ring substituents is 1. The minimum Gasteiger partial charge on any atom is -0.488 e. The standard InChI is InChI=1S/C13H16N2O4/c1-13(2)7-10(12(16)14-3)9-6-8(15(17)18)4-5-11(9)19-13/h4-6,10H,7H2,1-3H3,(H,14,16). The Morgan fingerprint density at radius 3 is 2.79 bits per heavy atom. The van der Waals surface area contributed by atoms with Crippen molar-refractivity contribution in [3.05, 3.63) is 33.9 Å².